The van der Waals surface area contributed by atoms with Gasteiger partial charge in [-0.25, -0.2) is 9.18 Å². The van der Waals surface area contributed by atoms with Crippen molar-refractivity contribution >= 4 is 28.5 Å². The molecular formula is C18H17FN6O2S. The highest BCUT2D eigenvalue weighted by atomic mass is 32.1. The predicted molar refractivity (Wildman–Crippen MR) is 102 cm³/mol. The molecule has 0 bridgehead atoms. The number of nitrogens with zero attached hydrogens (tertiary/aromatic N) is 3. The summed E-state index contributed by atoms with van der Waals surface area (Å²) in [4.78, 5) is 28.5. The van der Waals surface area contributed by atoms with Gasteiger partial charge in [0.25, 0.3) is 5.91 Å². The molecule has 0 radical (unpaired) electrons. The SMILES string of the molecule is O=C(NCCc1ccccn1)Nc1snnc1C(=O)NCc1ccc(F)cc1. The minimum Gasteiger partial charge on any atom is -0.346 e. The first-order valence-corrected chi connectivity index (χ1v) is 9.19. The largest absolute Gasteiger partial charge is 0.346 e. The van der Waals surface area contributed by atoms with Crippen LogP contribution in [0.2, 0.25) is 0 Å². The summed E-state index contributed by atoms with van der Waals surface area (Å²) < 4.78 is 16.6. The van der Waals surface area contributed by atoms with E-state index in [0.29, 0.717) is 13.0 Å². The summed E-state index contributed by atoms with van der Waals surface area (Å²) in [5.41, 5.74) is 1.62. The zero-order valence-electron chi connectivity index (χ0n) is 14.7. The van der Waals surface area contributed by atoms with Crippen molar-refractivity contribution < 1.29 is 14.0 Å². The molecule has 0 aliphatic carbocycles. The maximum atomic E-state index is 12.9. The monoisotopic (exact) mass is 400 g/mol. The minimum absolute atomic E-state index is 0.0204. The molecule has 10 heteroatoms. The second-order valence-electron chi connectivity index (χ2n) is 5.71. The van der Waals surface area contributed by atoms with Crippen LogP contribution in [0.4, 0.5) is 14.2 Å². The number of hydrogen-bond acceptors (Lipinski definition) is 6. The lowest BCUT2D eigenvalue weighted by molar-refractivity contribution is 0.0947. The number of nitrogens with one attached hydrogen (secondary N) is 3. The maximum absolute atomic E-state index is 12.9. The molecule has 3 rings (SSSR count). The Hall–Kier alpha value is -3.40. The Morgan fingerprint density at radius 3 is 2.64 bits per heavy atom. The smallest absolute Gasteiger partial charge is 0.319 e. The summed E-state index contributed by atoms with van der Waals surface area (Å²) in [6.45, 7) is 0.591. The van der Waals surface area contributed by atoms with Crippen molar-refractivity contribution in [1.82, 2.24) is 25.2 Å². The fraction of sp³-hybridized carbons (Fsp3) is 0.167. The van der Waals surface area contributed by atoms with Crippen molar-refractivity contribution in [3.05, 3.63) is 71.4 Å². The Morgan fingerprint density at radius 2 is 1.89 bits per heavy atom. The molecule has 28 heavy (non-hydrogen) atoms. The number of aromatic nitrogens is 3. The van der Waals surface area contributed by atoms with E-state index in [1.807, 2.05) is 18.2 Å². The molecule has 0 spiro atoms. The third kappa shape index (κ3) is 5.55. The molecular weight excluding hydrogens is 383 g/mol. The van der Waals surface area contributed by atoms with E-state index in [1.165, 1.54) is 12.1 Å². The maximum Gasteiger partial charge on any atom is 0.319 e. The Morgan fingerprint density at radius 1 is 1.07 bits per heavy atom. The predicted octanol–water partition coefficient (Wildman–Crippen LogP) is 2.37. The zero-order valence-corrected chi connectivity index (χ0v) is 15.5. The van der Waals surface area contributed by atoms with E-state index in [2.05, 4.69) is 30.5 Å². The number of hydrogen-bond donors (Lipinski definition) is 3. The summed E-state index contributed by atoms with van der Waals surface area (Å²) in [6.07, 6.45) is 2.27. The van der Waals surface area contributed by atoms with Crippen LogP contribution in [0.15, 0.2) is 48.7 Å². The highest BCUT2D eigenvalue weighted by Gasteiger charge is 2.18. The van der Waals surface area contributed by atoms with E-state index >= 15 is 0 Å². The molecule has 3 aromatic rings. The van der Waals surface area contributed by atoms with Crippen LogP contribution in [0.1, 0.15) is 21.7 Å². The first kappa shape index (κ1) is 19.4. The highest BCUT2D eigenvalue weighted by Crippen LogP contribution is 2.17. The van der Waals surface area contributed by atoms with E-state index in [0.717, 1.165) is 22.8 Å². The number of urea groups is 1. The average Bonchev–Trinajstić information content (AvgIpc) is 3.16. The summed E-state index contributed by atoms with van der Waals surface area (Å²) in [5.74, 6) is -0.832. The number of carbonyl (C=O) groups excluding carboxylic acids is 2. The number of rotatable bonds is 7. The molecule has 0 aliphatic heterocycles. The first-order chi connectivity index (χ1) is 13.6. The Bertz CT molecular complexity index is 933. The number of anilines is 1. The molecule has 144 valence electrons. The molecule has 2 heterocycles. The van der Waals surface area contributed by atoms with Gasteiger partial charge >= 0.3 is 6.03 Å². The Balaban J connectivity index is 1.48. The number of benzene rings is 1. The summed E-state index contributed by atoms with van der Waals surface area (Å²) in [6, 6.07) is 10.9. The number of pyridine rings is 1. The average molecular weight is 400 g/mol. The van der Waals surface area contributed by atoms with Gasteiger partial charge in [0.05, 0.1) is 0 Å². The number of amides is 3. The summed E-state index contributed by atoms with van der Waals surface area (Å²) in [5, 5.41) is 11.9. The van der Waals surface area contributed by atoms with Crippen molar-refractivity contribution in [3.63, 3.8) is 0 Å². The van der Waals surface area contributed by atoms with Gasteiger partial charge in [0.1, 0.15) is 5.82 Å². The lowest BCUT2D eigenvalue weighted by atomic mass is 10.2. The second-order valence-corrected chi connectivity index (χ2v) is 6.47. The summed E-state index contributed by atoms with van der Waals surface area (Å²) >= 11 is 0.904. The molecule has 0 unspecified atom stereocenters. The van der Waals surface area contributed by atoms with Gasteiger partial charge in [-0.1, -0.05) is 22.7 Å². The number of carbonyl (C=O) groups is 2. The fourth-order valence-electron chi connectivity index (χ4n) is 2.29. The van der Waals surface area contributed by atoms with Crippen LogP contribution in [0.5, 0.6) is 0 Å². The van der Waals surface area contributed by atoms with Gasteiger partial charge in [-0.05, 0) is 29.8 Å². The lowest BCUT2D eigenvalue weighted by Gasteiger charge is -2.07. The van der Waals surface area contributed by atoms with Crippen LogP contribution in [0, 0.1) is 5.82 Å². The van der Waals surface area contributed by atoms with Crippen molar-refractivity contribution in [2.45, 2.75) is 13.0 Å². The molecule has 1 aromatic carbocycles. The normalized spacial score (nSPS) is 10.3. The van der Waals surface area contributed by atoms with Crippen molar-refractivity contribution in [1.29, 1.82) is 0 Å². The van der Waals surface area contributed by atoms with Crippen molar-refractivity contribution in [2.75, 3.05) is 11.9 Å². The van der Waals surface area contributed by atoms with Gasteiger partial charge in [-0.15, -0.1) is 5.10 Å². The van der Waals surface area contributed by atoms with E-state index in [9.17, 15) is 14.0 Å². The second kappa shape index (κ2) is 9.51. The Labute approximate surface area is 164 Å². The molecule has 2 aromatic heterocycles. The van der Waals surface area contributed by atoms with Crippen molar-refractivity contribution in [3.8, 4) is 0 Å². The van der Waals surface area contributed by atoms with E-state index in [-0.39, 0.29) is 23.1 Å². The van der Waals surface area contributed by atoms with Gasteiger partial charge in [0, 0.05) is 42.9 Å². The molecule has 0 saturated carbocycles. The van der Waals surface area contributed by atoms with E-state index in [4.69, 9.17) is 0 Å². The van der Waals surface area contributed by atoms with Gasteiger partial charge in [-0.3, -0.25) is 15.1 Å². The standard InChI is InChI=1S/C18H17FN6O2S/c19-13-6-4-12(5-7-13)11-22-16(26)15-17(28-25-24-15)23-18(27)21-10-8-14-3-1-2-9-20-14/h1-7,9H,8,10-11H2,(H,22,26)(H2,21,23,27). The van der Waals surface area contributed by atoms with Crippen LogP contribution in [-0.2, 0) is 13.0 Å². The minimum atomic E-state index is -0.484. The van der Waals surface area contributed by atoms with E-state index < -0.39 is 11.9 Å². The Kier molecular flexibility index (Phi) is 6.58. The third-order valence-corrected chi connectivity index (χ3v) is 4.33. The highest BCUT2D eigenvalue weighted by molar-refractivity contribution is 7.10. The van der Waals surface area contributed by atoms with Crippen LogP contribution in [0.3, 0.4) is 0 Å². The molecule has 3 amide bonds. The third-order valence-electron chi connectivity index (χ3n) is 3.69. The molecule has 3 N–H and O–H groups in total. The van der Waals surface area contributed by atoms with Crippen LogP contribution < -0.4 is 16.0 Å². The quantitative estimate of drug-likeness (QED) is 0.564. The fourth-order valence-corrected chi connectivity index (χ4v) is 2.85. The zero-order chi connectivity index (χ0) is 19.8. The van der Waals surface area contributed by atoms with Gasteiger partial charge in [0.15, 0.2) is 10.7 Å². The van der Waals surface area contributed by atoms with Gasteiger partial charge in [0.2, 0.25) is 0 Å². The van der Waals surface area contributed by atoms with Gasteiger partial charge in [-0.2, -0.15) is 0 Å². The topological polar surface area (TPSA) is 109 Å². The van der Waals surface area contributed by atoms with Gasteiger partial charge < -0.3 is 10.6 Å². The van der Waals surface area contributed by atoms with Crippen LogP contribution >= 0.6 is 11.5 Å². The summed E-state index contributed by atoms with van der Waals surface area (Å²) in [7, 11) is 0. The molecule has 0 fully saturated rings. The van der Waals surface area contributed by atoms with Crippen molar-refractivity contribution in [2.24, 2.45) is 0 Å². The molecule has 0 saturated heterocycles. The molecule has 0 aliphatic rings. The number of halogens is 1. The molecule has 8 nitrogen and oxygen atoms in total. The molecule has 0 atom stereocenters. The van der Waals surface area contributed by atoms with E-state index in [1.54, 1.807) is 18.3 Å². The van der Waals surface area contributed by atoms with Crippen LogP contribution in [0.25, 0.3) is 0 Å². The van der Waals surface area contributed by atoms with Crippen LogP contribution in [-0.4, -0.2) is 33.1 Å². The lowest BCUT2D eigenvalue weighted by Crippen LogP contribution is -2.31. The first-order valence-electron chi connectivity index (χ1n) is 8.41.